The van der Waals surface area contributed by atoms with Crippen LogP contribution in [-0.2, 0) is 0 Å². The van der Waals surface area contributed by atoms with Crippen molar-refractivity contribution in [1.82, 2.24) is 9.97 Å². The third kappa shape index (κ3) is 2.38. The van der Waals surface area contributed by atoms with Crippen LogP contribution in [-0.4, -0.2) is 21.9 Å². The van der Waals surface area contributed by atoms with Gasteiger partial charge in [-0.2, -0.15) is 0 Å². The Balaban J connectivity index is 2.22. The highest BCUT2D eigenvalue weighted by Crippen LogP contribution is 2.30. The van der Waals surface area contributed by atoms with E-state index in [9.17, 15) is 10.1 Å². The molecule has 6 heteroatoms. The Kier molecular flexibility index (Phi) is 3.19. The summed E-state index contributed by atoms with van der Waals surface area (Å²) < 4.78 is 0. The fourth-order valence-electron chi connectivity index (χ4n) is 2.18. The number of hydrogen-bond donors (Lipinski definition) is 1. The molecule has 0 aliphatic carbocycles. The highest BCUT2D eigenvalue weighted by atomic mass is 16.6. The second kappa shape index (κ2) is 5.16. The van der Waals surface area contributed by atoms with Crippen molar-refractivity contribution in [2.75, 3.05) is 12.4 Å². The second-order valence-corrected chi connectivity index (χ2v) is 4.50. The topological polar surface area (TPSA) is 81.0 Å². The number of nitrogens with zero attached hydrogens (tertiary/aromatic N) is 3. The predicted molar refractivity (Wildman–Crippen MR) is 81.2 cm³/mol. The molecular weight excluding hydrogens is 268 g/mol. The largest absolute Gasteiger partial charge is 0.357 e. The summed E-state index contributed by atoms with van der Waals surface area (Å²) in [4.78, 5) is 18.8. The molecule has 0 spiro atoms. The number of rotatable bonds is 3. The summed E-state index contributed by atoms with van der Waals surface area (Å²) in [5.41, 5.74) is 0.897. The minimum atomic E-state index is -0.468. The maximum Gasteiger partial charge on any atom is 0.313 e. The van der Waals surface area contributed by atoms with Crippen molar-refractivity contribution in [3.63, 3.8) is 0 Å². The van der Waals surface area contributed by atoms with E-state index >= 15 is 0 Å². The van der Waals surface area contributed by atoms with Gasteiger partial charge in [-0.15, -0.1) is 0 Å². The van der Waals surface area contributed by atoms with E-state index in [1.165, 1.54) is 6.20 Å². The van der Waals surface area contributed by atoms with Crippen LogP contribution in [0.5, 0.6) is 0 Å². The fourth-order valence-corrected chi connectivity index (χ4v) is 2.18. The molecule has 1 aromatic heterocycles. The quantitative estimate of drug-likeness (QED) is 0.588. The van der Waals surface area contributed by atoms with Crippen LogP contribution in [0.15, 0.2) is 48.7 Å². The van der Waals surface area contributed by atoms with Crippen molar-refractivity contribution in [3.8, 4) is 11.3 Å². The molecular formula is C15H12N4O2. The third-order valence-corrected chi connectivity index (χ3v) is 3.21. The number of hydrogen-bond acceptors (Lipinski definition) is 5. The lowest BCUT2D eigenvalue weighted by molar-refractivity contribution is -0.384. The smallest absolute Gasteiger partial charge is 0.313 e. The highest BCUT2D eigenvalue weighted by molar-refractivity contribution is 5.88. The highest BCUT2D eigenvalue weighted by Gasteiger charge is 2.18. The molecule has 0 aliphatic heterocycles. The molecule has 0 saturated heterocycles. The fraction of sp³-hybridized carbons (Fsp3) is 0.0667. The lowest BCUT2D eigenvalue weighted by atomic mass is 10.0. The Bertz CT molecular complexity index is 833. The molecule has 0 fully saturated rings. The molecule has 104 valence electrons. The van der Waals surface area contributed by atoms with Crippen LogP contribution in [0.25, 0.3) is 22.0 Å². The summed E-state index contributed by atoms with van der Waals surface area (Å²) in [7, 11) is 1.67. The van der Waals surface area contributed by atoms with Crippen molar-refractivity contribution >= 4 is 22.4 Å². The van der Waals surface area contributed by atoms with Crippen LogP contribution in [0.3, 0.4) is 0 Å². The Labute approximate surface area is 120 Å². The molecule has 0 amide bonds. The Morgan fingerprint density at radius 3 is 2.62 bits per heavy atom. The lowest BCUT2D eigenvalue weighted by Gasteiger charge is -2.06. The van der Waals surface area contributed by atoms with Gasteiger partial charge in [0.05, 0.1) is 4.92 Å². The SMILES string of the molecule is CNc1ncc([N+](=O)[O-])c(-c2ccc3ccccc3c2)n1. The molecule has 0 atom stereocenters. The number of aromatic nitrogens is 2. The summed E-state index contributed by atoms with van der Waals surface area (Å²) in [6, 6.07) is 13.5. The van der Waals surface area contributed by atoms with E-state index < -0.39 is 4.92 Å². The van der Waals surface area contributed by atoms with E-state index in [0.29, 0.717) is 17.2 Å². The van der Waals surface area contributed by atoms with Crippen molar-refractivity contribution < 1.29 is 4.92 Å². The van der Waals surface area contributed by atoms with Gasteiger partial charge in [-0.25, -0.2) is 9.97 Å². The van der Waals surface area contributed by atoms with Gasteiger partial charge in [-0.1, -0.05) is 36.4 Å². The van der Waals surface area contributed by atoms with Crippen LogP contribution >= 0.6 is 0 Å². The molecule has 6 nitrogen and oxygen atoms in total. The van der Waals surface area contributed by atoms with Crippen LogP contribution in [0.2, 0.25) is 0 Å². The van der Waals surface area contributed by atoms with Crippen molar-refractivity contribution in [2.24, 2.45) is 0 Å². The van der Waals surface area contributed by atoms with E-state index in [1.54, 1.807) is 7.05 Å². The monoisotopic (exact) mass is 280 g/mol. The van der Waals surface area contributed by atoms with E-state index in [1.807, 2.05) is 42.5 Å². The predicted octanol–water partition coefficient (Wildman–Crippen LogP) is 3.25. The average Bonchev–Trinajstić information content (AvgIpc) is 2.53. The lowest BCUT2D eigenvalue weighted by Crippen LogP contribution is -2.01. The first-order valence-electron chi connectivity index (χ1n) is 6.37. The van der Waals surface area contributed by atoms with Crippen molar-refractivity contribution in [3.05, 3.63) is 58.8 Å². The molecule has 1 N–H and O–H groups in total. The van der Waals surface area contributed by atoms with Crippen LogP contribution in [0, 0.1) is 10.1 Å². The van der Waals surface area contributed by atoms with Gasteiger partial charge in [0.2, 0.25) is 5.95 Å². The van der Waals surface area contributed by atoms with Gasteiger partial charge < -0.3 is 5.32 Å². The zero-order valence-corrected chi connectivity index (χ0v) is 11.3. The van der Waals surface area contributed by atoms with E-state index in [0.717, 1.165) is 10.8 Å². The number of benzene rings is 2. The number of anilines is 1. The van der Waals surface area contributed by atoms with Gasteiger partial charge in [0.25, 0.3) is 0 Å². The first-order chi connectivity index (χ1) is 10.2. The number of nitrogens with one attached hydrogen (secondary N) is 1. The first kappa shape index (κ1) is 13.0. The maximum atomic E-state index is 11.2. The second-order valence-electron chi connectivity index (χ2n) is 4.50. The van der Waals surface area contributed by atoms with E-state index in [2.05, 4.69) is 15.3 Å². The summed E-state index contributed by atoms with van der Waals surface area (Å²) >= 11 is 0. The molecule has 21 heavy (non-hydrogen) atoms. The Hall–Kier alpha value is -3.02. The maximum absolute atomic E-state index is 11.2. The van der Waals surface area contributed by atoms with Gasteiger partial charge in [-0.3, -0.25) is 10.1 Å². The molecule has 0 saturated carbocycles. The Morgan fingerprint density at radius 2 is 1.90 bits per heavy atom. The van der Waals surface area contributed by atoms with Gasteiger partial charge in [0.15, 0.2) is 5.69 Å². The summed E-state index contributed by atoms with van der Waals surface area (Å²) in [6.45, 7) is 0. The van der Waals surface area contributed by atoms with E-state index in [4.69, 9.17) is 0 Å². The van der Waals surface area contributed by atoms with Crippen molar-refractivity contribution in [2.45, 2.75) is 0 Å². The summed E-state index contributed by atoms with van der Waals surface area (Å²) in [5, 5.41) is 16.0. The zero-order chi connectivity index (χ0) is 14.8. The van der Waals surface area contributed by atoms with Crippen LogP contribution < -0.4 is 5.32 Å². The van der Waals surface area contributed by atoms with Crippen molar-refractivity contribution in [1.29, 1.82) is 0 Å². The summed E-state index contributed by atoms with van der Waals surface area (Å²) in [5.74, 6) is 0.351. The minimum absolute atomic E-state index is 0.107. The molecule has 0 radical (unpaired) electrons. The molecule has 1 heterocycles. The normalized spacial score (nSPS) is 10.5. The van der Waals surface area contributed by atoms with Crippen LogP contribution in [0.1, 0.15) is 0 Å². The standard InChI is InChI=1S/C15H12N4O2/c1-16-15-17-9-13(19(20)21)14(18-15)12-7-6-10-4-2-3-5-11(10)8-12/h2-9H,1H3,(H,16,17,18). The van der Waals surface area contributed by atoms with Gasteiger partial charge >= 0.3 is 5.69 Å². The molecule has 0 bridgehead atoms. The molecule has 0 unspecified atom stereocenters. The first-order valence-corrected chi connectivity index (χ1v) is 6.37. The van der Waals surface area contributed by atoms with Crippen LogP contribution in [0.4, 0.5) is 11.6 Å². The minimum Gasteiger partial charge on any atom is -0.357 e. The van der Waals surface area contributed by atoms with Gasteiger partial charge in [-0.05, 0) is 16.8 Å². The molecule has 0 aliphatic rings. The number of fused-ring (bicyclic) bond motifs is 1. The molecule has 2 aromatic carbocycles. The van der Waals surface area contributed by atoms with Gasteiger partial charge in [0.1, 0.15) is 6.20 Å². The molecule has 3 rings (SSSR count). The van der Waals surface area contributed by atoms with E-state index in [-0.39, 0.29) is 5.69 Å². The average molecular weight is 280 g/mol. The third-order valence-electron chi connectivity index (χ3n) is 3.21. The zero-order valence-electron chi connectivity index (χ0n) is 11.3. The van der Waals surface area contributed by atoms with Gasteiger partial charge in [0, 0.05) is 12.6 Å². The Morgan fingerprint density at radius 1 is 1.14 bits per heavy atom. The summed E-state index contributed by atoms with van der Waals surface area (Å²) in [6.07, 6.45) is 1.23. The number of nitro groups is 1. The molecule has 3 aromatic rings.